The summed E-state index contributed by atoms with van der Waals surface area (Å²) in [5.74, 6) is -0.104. The van der Waals surface area contributed by atoms with Gasteiger partial charge in [-0.3, -0.25) is 9.78 Å². The summed E-state index contributed by atoms with van der Waals surface area (Å²) < 4.78 is 0. The average molecular weight is 283 g/mol. The lowest BCUT2D eigenvalue weighted by Crippen LogP contribution is -2.11. The summed E-state index contributed by atoms with van der Waals surface area (Å²) in [5, 5.41) is 5.68. The van der Waals surface area contributed by atoms with Gasteiger partial charge in [-0.1, -0.05) is 0 Å². The van der Waals surface area contributed by atoms with Crippen molar-refractivity contribution in [2.24, 2.45) is 0 Å². The molecule has 0 unspecified atom stereocenters. The highest BCUT2D eigenvalue weighted by molar-refractivity contribution is 7.12. The SMILES string of the molecule is Cc1ccsc1C(=O)Nc1ccc(N)c2ncccc12. The first kappa shape index (κ1) is 12.6. The third-order valence-corrected chi connectivity index (χ3v) is 4.13. The monoisotopic (exact) mass is 283 g/mol. The molecule has 5 heteroatoms. The predicted molar refractivity (Wildman–Crippen MR) is 83.2 cm³/mol. The van der Waals surface area contributed by atoms with Crippen molar-refractivity contribution < 1.29 is 4.79 Å². The number of amides is 1. The van der Waals surface area contributed by atoms with Crippen molar-refractivity contribution in [3.63, 3.8) is 0 Å². The van der Waals surface area contributed by atoms with Crippen LogP contribution in [0.4, 0.5) is 11.4 Å². The first-order valence-corrected chi connectivity index (χ1v) is 7.03. The van der Waals surface area contributed by atoms with E-state index < -0.39 is 0 Å². The smallest absolute Gasteiger partial charge is 0.266 e. The second-order valence-electron chi connectivity index (χ2n) is 4.49. The molecular formula is C15H13N3OS. The second-order valence-corrected chi connectivity index (χ2v) is 5.40. The number of anilines is 2. The van der Waals surface area contributed by atoms with Crippen molar-refractivity contribution in [2.75, 3.05) is 11.1 Å². The molecule has 0 aliphatic heterocycles. The number of nitrogens with two attached hydrogens (primary N) is 1. The summed E-state index contributed by atoms with van der Waals surface area (Å²) in [5.41, 5.74) is 8.91. The highest BCUT2D eigenvalue weighted by Gasteiger charge is 2.13. The fraction of sp³-hybridized carbons (Fsp3) is 0.0667. The molecule has 0 aliphatic carbocycles. The second kappa shape index (κ2) is 4.94. The predicted octanol–water partition coefficient (Wildman–Crippen LogP) is 3.44. The Labute approximate surface area is 120 Å². The van der Waals surface area contributed by atoms with Crippen LogP contribution in [-0.2, 0) is 0 Å². The van der Waals surface area contributed by atoms with Crippen molar-refractivity contribution in [1.82, 2.24) is 4.98 Å². The first-order chi connectivity index (χ1) is 9.66. The highest BCUT2D eigenvalue weighted by atomic mass is 32.1. The van der Waals surface area contributed by atoms with Gasteiger partial charge in [0.15, 0.2) is 0 Å². The van der Waals surface area contributed by atoms with Gasteiger partial charge in [0.2, 0.25) is 0 Å². The van der Waals surface area contributed by atoms with Gasteiger partial charge in [-0.15, -0.1) is 11.3 Å². The number of nitrogens with zero attached hydrogens (tertiary/aromatic N) is 1. The van der Waals surface area contributed by atoms with E-state index in [1.54, 1.807) is 18.3 Å². The topological polar surface area (TPSA) is 68.0 Å². The molecule has 1 amide bonds. The van der Waals surface area contributed by atoms with E-state index >= 15 is 0 Å². The fourth-order valence-electron chi connectivity index (χ4n) is 2.09. The molecular weight excluding hydrogens is 270 g/mol. The minimum atomic E-state index is -0.104. The van der Waals surface area contributed by atoms with Crippen LogP contribution in [0.2, 0.25) is 0 Å². The van der Waals surface area contributed by atoms with Crippen LogP contribution in [0.1, 0.15) is 15.2 Å². The van der Waals surface area contributed by atoms with Crippen LogP contribution in [0.25, 0.3) is 10.9 Å². The molecule has 3 aromatic rings. The summed E-state index contributed by atoms with van der Waals surface area (Å²) in [7, 11) is 0. The zero-order valence-corrected chi connectivity index (χ0v) is 11.7. The lowest BCUT2D eigenvalue weighted by Gasteiger charge is -2.09. The number of rotatable bonds is 2. The van der Waals surface area contributed by atoms with E-state index in [0.29, 0.717) is 11.2 Å². The van der Waals surface area contributed by atoms with Crippen LogP contribution in [0.5, 0.6) is 0 Å². The number of carbonyl (C=O) groups is 1. The van der Waals surface area contributed by atoms with Crippen molar-refractivity contribution in [2.45, 2.75) is 6.92 Å². The van der Waals surface area contributed by atoms with Gasteiger partial charge in [0.25, 0.3) is 5.91 Å². The highest BCUT2D eigenvalue weighted by Crippen LogP contribution is 2.27. The molecule has 4 nitrogen and oxygen atoms in total. The van der Waals surface area contributed by atoms with Gasteiger partial charge < -0.3 is 11.1 Å². The van der Waals surface area contributed by atoms with Gasteiger partial charge in [-0.05, 0) is 48.2 Å². The van der Waals surface area contributed by atoms with Crippen molar-refractivity contribution in [1.29, 1.82) is 0 Å². The maximum atomic E-state index is 12.3. The Morgan fingerprint density at radius 2 is 2.15 bits per heavy atom. The lowest BCUT2D eigenvalue weighted by molar-refractivity contribution is 0.103. The summed E-state index contributed by atoms with van der Waals surface area (Å²) in [6.07, 6.45) is 1.69. The molecule has 0 bridgehead atoms. The molecule has 0 fully saturated rings. The molecule has 20 heavy (non-hydrogen) atoms. The van der Waals surface area contributed by atoms with Crippen molar-refractivity contribution >= 4 is 39.5 Å². The minimum absolute atomic E-state index is 0.104. The van der Waals surface area contributed by atoms with Gasteiger partial charge >= 0.3 is 0 Å². The Morgan fingerprint density at radius 3 is 2.90 bits per heavy atom. The van der Waals surface area contributed by atoms with Crippen LogP contribution in [0, 0.1) is 6.92 Å². The minimum Gasteiger partial charge on any atom is -0.397 e. The molecule has 3 rings (SSSR count). The summed E-state index contributed by atoms with van der Waals surface area (Å²) in [6.45, 7) is 1.92. The average Bonchev–Trinajstić information content (AvgIpc) is 2.88. The Bertz CT molecular complexity index is 795. The van der Waals surface area contributed by atoms with E-state index in [4.69, 9.17) is 5.73 Å². The van der Waals surface area contributed by atoms with Crippen LogP contribution in [-0.4, -0.2) is 10.9 Å². The molecule has 0 saturated carbocycles. The van der Waals surface area contributed by atoms with Crippen LogP contribution < -0.4 is 11.1 Å². The Hall–Kier alpha value is -2.40. The number of aromatic nitrogens is 1. The van der Waals surface area contributed by atoms with Crippen molar-refractivity contribution in [3.8, 4) is 0 Å². The Balaban J connectivity index is 2.02. The van der Waals surface area contributed by atoms with E-state index in [2.05, 4.69) is 10.3 Å². The third-order valence-electron chi connectivity index (χ3n) is 3.12. The maximum absolute atomic E-state index is 12.3. The number of fused-ring (bicyclic) bond motifs is 1. The van der Waals surface area contributed by atoms with E-state index in [9.17, 15) is 4.79 Å². The van der Waals surface area contributed by atoms with Gasteiger partial charge in [0.1, 0.15) is 0 Å². The fourth-order valence-corrected chi connectivity index (χ4v) is 2.91. The first-order valence-electron chi connectivity index (χ1n) is 6.15. The number of hydrogen-bond donors (Lipinski definition) is 2. The largest absolute Gasteiger partial charge is 0.397 e. The van der Waals surface area contributed by atoms with Gasteiger partial charge in [0.05, 0.1) is 21.8 Å². The number of thiophene rings is 1. The number of nitrogen functional groups attached to an aromatic ring is 1. The lowest BCUT2D eigenvalue weighted by atomic mass is 10.1. The molecule has 1 aromatic carbocycles. The van der Waals surface area contributed by atoms with Crippen LogP contribution in [0.3, 0.4) is 0 Å². The number of carbonyl (C=O) groups excluding carboxylic acids is 1. The molecule has 2 heterocycles. The number of pyridine rings is 1. The zero-order chi connectivity index (χ0) is 14.1. The summed E-state index contributed by atoms with van der Waals surface area (Å²) in [6, 6.07) is 9.22. The maximum Gasteiger partial charge on any atom is 0.266 e. The van der Waals surface area contributed by atoms with E-state index in [1.165, 1.54) is 11.3 Å². The molecule has 0 saturated heterocycles. The van der Waals surface area contributed by atoms with Gasteiger partial charge in [0, 0.05) is 11.6 Å². The number of hydrogen-bond acceptors (Lipinski definition) is 4. The van der Waals surface area contributed by atoms with Crippen LogP contribution in [0.15, 0.2) is 41.9 Å². The molecule has 0 aliphatic rings. The van der Waals surface area contributed by atoms with Gasteiger partial charge in [-0.2, -0.15) is 0 Å². The Kier molecular flexibility index (Phi) is 3.12. The number of nitrogens with one attached hydrogen (secondary N) is 1. The van der Waals surface area contributed by atoms with E-state index in [1.807, 2.05) is 30.5 Å². The normalized spacial score (nSPS) is 10.7. The molecule has 3 N–H and O–H groups in total. The number of benzene rings is 1. The Morgan fingerprint density at radius 1 is 1.30 bits per heavy atom. The van der Waals surface area contributed by atoms with E-state index in [-0.39, 0.29) is 5.91 Å². The van der Waals surface area contributed by atoms with E-state index in [0.717, 1.165) is 21.5 Å². The molecule has 2 aromatic heterocycles. The summed E-state index contributed by atoms with van der Waals surface area (Å²) >= 11 is 1.43. The molecule has 0 atom stereocenters. The van der Waals surface area contributed by atoms with Crippen LogP contribution >= 0.6 is 11.3 Å². The zero-order valence-electron chi connectivity index (χ0n) is 10.9. The quantitative estimate of drug-likeness (QED) is 0.708. The number of aryl methyl sites for hydroxylation is 1. The van der Waals surface area contributed by atoms with Gasteiger partial charge in [-0.25, -0.2) is 0 Å². The molecule has 0 spiro atoms. The standard InChI is InChI=1S/C15H13N3OS/c1-9-6-8-20-14(9)15(19)18-12-5-4-11(16)13-10(12)3-2-7-17-13/h2-8H,16H2,1H3,(H,18,19). The van der Waals surface area contributed by atoms with Crippen molar-refractivity contribution in [3.05, 3.63) is 52.3 Å². The third kappa shape index (κ3) is 2.12. The molecule has 100 valence electrons. The molecule has 0 radical (unpaired) electrons. The summed E-state index contributed by atoms with van der Waals surface area (Å²) in [4.78, 5) is 17.2.